The van der Waals surface area contributed by atoms with Crippen LogP contribution >= 0.6 is 11.8 Å². The Hall–Kier alpha value is -1.94. The number of aliphatic imine (C=N–C) groups is 1. The molecule has 7 heteroatoms. The van der Waals surface area contributed by atoms with Gasteiger partial charge in [0.2, 0.25) is 17.9 Å². The summed E-state index contributed by atoms with van der Waals surface area (Å²) in [4.78, 5) is 15.3. The van der Waals surface area contributed by atoms with Crippen LogP contribution in [0.2, 0.25) is 0 Å². The van der Waals surface area contributed by atoms with Gasteiger partial charge in [0.15, 0.2) is 0 Å². The minimum atomic E-state index is -0.527. The highest BCUT2D eigenvalue weighted by Crippen LogP contribution is 2.20. The maximum Gasteiger partial charge on any atom is 0.294 e. The topological polar surface area (TPSA) is 104 Å². The normalized spacial score (nSPS) is 10.8. The van der Waals surface area contributed by atoms with Crippen molar-refractivity contribution in [1.82, 2.24) is 5.32 Å². The predicted octanol–water partition coefficient (Wildman–Crippen LogP) is 0.527. The number of rotatable bonds is 2. The van der Waals surface area contributed by atoms with Gasteiger partial charge in [0.25, 0.3) is 5.91 Å². The molecule has 1 aromatic heterocycles. The van der Waals surface area contributed by atoms with Gasteiger partial charge < -0.3 is 10.2 Å². The van der Waals surface area contributed by atoms with E-state index in [-0.39, 0.29) is 11.7 Å². The Balaban J connectivity index is 2.79. The molecule has 0 fully saturated rings. The van der Waals surface area contributed by atoms with Gasteiger partial charge in [-0.1, -0.05) is 0 Å². The molecule has 1 rings (SSSR count). The third-order valence-corrected chi connectivity index (χ3v) is 2.23. The van der Waals surface area contributed by atoms with Gasteiger partial charge in [-0.25, -0.2) is 0 Å². The van der Waals surface area contributed by atoms with E-state index in [9.17, 15) is 4.79 Å². The van der Waals surface area contributed by atoms with Crippen LogP contribution in [0.15, 0.2) is 26.6 Å². The molecule has 0 aromatic carbocycles. The Morgan fingerprint density at radius 2 is 2.53 bits per heavy atom. The van der Waals surface area contributed by atoms with Crippen molar-refractivity contribution in [2.24, 2.45) is 10.7 Å². The molecule has 0 spiro atoms. The molecule has 1 amide bonds. The van der Waals surface area contributed by atoms with E-state index in [0.717, 1.165) is 0 Å². The van der Waals surface area contributed by atoms with Crippen LogP contribution < -0.4 is 11.1 Å². The van der Waals surface area contributed by atoms with Crippen LogP contribution in [0.4, 0.5) is 0 Å². The van der Waals surface area contributed by atoms with Crippen LogP contribution in [-0.4, -0.2) is 18.1 Å². The van der Waals surface area contributed by atoms with Crippen molar-refractivity contribution >= 4 is 23.6 Å². The second-order valence-electron chi connectivity index (χ2n) is 2.37. The van der Waals surface area contributed by atoms with E-state index in [4.69, 9.17) is 15.4 Å². The van der Waals surface area contributed by atoms with Gasteiger partial charge in [-0.05, 0) is 12.3 Å². The largest absolute Gasteiger partial charge is 0.458 e. The highest BCUT2D eigenvalue weighted by Gasteiger charge is 2.15. The van der Waals surface area contributed by atoms with E-state index < -0.39 is 5.91 Å². The number of carbonyl (C=O) groups is 1. The summed E-state index contributed by atoms with van der Waals surface area (Å²) in [6.45, 7) is 0. The van der Waals surface area contributed by atoms with E-state index in [1.807, 2.05) is 6.26 Å². The zero-order valence-electron chi connectivity index (χ0n) is 7.85. The lowest BCUT2D eigenvalue weighted by Crippen LogP contribution is -2.36. The monoisotopic (exact) mass is 224 g/mol. The van der Waals surface area contributed by atoms with Crippen LogP contribution in [-0.2, 0) is 0 Å². The van der Waals surface area contributed by atoms with Gasteiger partial charge in [0, 0.05) is 0 Å². The zero-order valence-corrected chi connectivity index (χ0v) is 8.67. The lowest BCUT2D eigenvalue weighted by atomic mass is 10.4. The third kappa shape index (κ3) is 2.75. The molecular weight excluding hydrogens is 216 g/mol. The van der Waals surface area contributed by atoms with Gasteiger partial charge in [-0.3, -0.25) is 10.1 Å². The lowest BCUT2D eigenvalue weighted by Gasteiger charge is -2.00. The number of nitrogens with two attached hydrogens (primary N) is 1. The summed E-state index contributed by atoms with van der Waals surface area (Å²) in [6.07, 6.45) is 4.67. The number of amides is 1. The first kappa shape index (κ1) is 11.1. The van der Waals surface area contributed by atoms with Crippen LogP contribution in [0.5, 0.6) is 0 Å². The third-order valence-electron chi connectivity index (χ3n) is 1.47. The molecule has 15 heavy (non-hydrogen) atoms. The minimum absolute atomic E-state index is 0.151. The van der Waals surface area contributed by atoms with E-state index in [0.29, 0.717) is 4.90 Å². The van der Waals surface area contributed by atoms with Crippen molar-refractivity contribution < 1.29 is 9.21 Å². The number of furan rings is 1. The van der Waals surface area contributed by atoms with Crippen LogP contribution in [0.1, 0.15) is 10.6 Å². The molecule has 0 aliphatic heterocycles. The van der Waals surface area contributed by atoms with Gasteiger partial charge in [0.05, 0.1) is 11.2 Å². The molecule has 6 nitrogen and oxygen atoms in total. The average Bonchev–Trinajstić information content (AvgIpc) is 2.65. The zero-order chi connectivity index (χ0) is 11.3. The first-order valence-electron chi connectivity index (χ1n) is 3.84. The lowest BCUT2D eigenvalue weighted by molar-refractivity contribution is 0.0945. The van der Waals surface area contributed by atoms with E-state index >= 15 is 0 Å². The Kier molecular flexibility index (Phi) is 3.76. The number of nitriles is 1. The quantitative estimate of drug-likeness (QED) is 0.330. The molecule has 0 aliphatic rings. The van der Waals surface area contributed by atoms with Crippen molar-refractivity contribution in [3.05, 3.63) is 18.1 Å². The molecule has 0 aliphatic carbocycles. The number of hydrogen-bond donors (Lipinski definition) is 2. The van der Waals surface area contributed by atoms with E-state index in [2.05, 4.69) is 10.3 Å². The van der Waals surface area contributed by atoms with Gasteiger partial charge in [-0.2, -0.15) is 5.26 Å². The Morgan fingerprint density at radius 3 is 3.13 bits per heavy atom. The summed E-state index contributed by atoms with van der Waals surface area (Å²) < 4.78 is 4.97. The highest BCUT2D eigenvalue weighted by atomic mass is 32.2. The maximum absolute atomic E-state index is 11.5. The molecule has 0 saturated heterocycles. The molecule has 0 bridgehead atoms. The van der Waals surface area contributed by atoms with E-state index in [1.54, 1.807) is 6.07 Å². The van der Waals surface area contributed by atoms with E-state index in [1.165, 1.54) is 24.2 Å². The predicted molar refractivity (Wildman–Crippen MR) is 55.2 cm³/mol. The van der Waals surface area contributed by atoms with Crippen molar-refractivity contribution in [3.63, 3.8) is 0 Å². The Morgan fingerprint density at radius 1 is 1.80 bits per heavy atom. The molecule has 3 N–H and O–H groups in total. The molecule has 0 saturated carbocycles. The molecule has 0 unspecified atom stereocenters. The number of carbonyl (C=O) groups excluding carboxylic acids is 1. The summed E-state index contributed by atoms with van der Waals surface area (Å²) >= 11 is 1.37. The molecule has 1 aromatic rings. The van der Waals surface area contributed by atoms with Crippen molar-refractivity contribution in [2.45, 2.75) is 4.90 Å². The van der Waals surface area contributed by atoms with Crippen LogP contribution in [0, 0.1) is 11.5 Å². The second kappa shape index (κ2) is 5.07. The fourth-order valence-electron chi connectivity index (χ4n) is 0.879. The van der Waals surface area contributed by atoms with Crippen LogP contribution in [0.3, 0.4) is 0 Å². The number of hydrogen-bond acceptors (Lipinski definition) is 5. The Labute approximate surface area is 90.1 Å². The summed E-state index contributed by atoms with van der Waals surface area (Å²) in [5.41, 5.74) is 5.23. The highest BCUT2D eigenvalue weighted by molar-refractivity contribution is 7.98. The number of nitrogens with zero attached hydrogens (tertiary/aromatic N) is 2. The number of thioether (sulfide) groups is 1. The second-order valence-corrected chi connectivity index (χ2v) is 3.22. The smallest absolute Gasteiger partial charge is 0.294 e. The van der Waals surface area contributed by atoms with Crippen molar-refractivity contribution in [2.75, 3.05) is 6.26 Å². The minimum Gasteiger partial charge on any atom is -0.458 e. The number of nitrogens with one attached hydrogen (secondary N) is 1. The molecule has 1 heterocycles. The van der Waals surface area contributed by atoms with Gasteiger partial charge in [0.1, 0.15) is 0 Å². The van der Waals surface area contributed by atoms with Crippen molar-refractivity contribution in [1.29, 1.82) is 5.26 Å². The average molecular weight is 224 g/mol. The van der Waals surface area contributed by atoms with Gasteiger partial charge in [-0.15, -0.1) is 16.8 Å². The fraction of sp³-hybridized carbons (Fsp3) is 0.125. The van der Waals surface area contributed by atoms with Crippen molar-refractivity contribution in [3.8, 4) is 6.19 Å². The maximum atomic E-state index is 11.5. The van der Waals surface area contributed by atoms with Crippen LogP contribution in [0.25, 0.3) is 0 Å². The molecule has 0 atom stereocenters. The summed E-state index contributed by atoms with van der Waals surface area (Å²) in [5.74, 6) is -0.634. The summed E-state index contributed by atoms with van der Waals surface area (Å²) in [7, 11) is 0. The summed E-state index contributed by atoms with van der Waals surface area (Å²) in [6, 6.07) is 1.66. The molecule has 0 radical (unpaired) electrons. The first-order chi connectivity index (χ1) is 7.19. The standard InChI is InChI=1S/C8H8N4O2S/c1-15-5-2-3-14-6(5)7(13)12-8(10)11-4-9/h2-3H,1H3,(H3,10,11,12,13). The molecular formula is C8H8N4O2S. The first-order valence-corrected chi connectivity index (χ1v) is 5.06. The molecule has 78 valence electrons. The fourth-order valence-corrected chi connectivity index (χ4v) is 1.40. The SMILES string of the molecule is CSc1ccoc1C(=O)NC(N)=NC#N. The summed E-state index contributed by atoms with van der Waals surface area (Å²) in [5, 5.41) is 10.4. The Bertz CT molecular complexity index is 432. The van der Waals surface area contributed by atoms with Gasteiger partial charge >= 0.3 is 0 Å². The number of guanidine groups is 1.